The van der Waals surface area contributed by atoms with Gasteiger partial charge < -0.3 is 5.11 Å². The number of rotatable bonds is 2. The van der Waals surface area contributed by atoms with Gasteiger partial charge in [-0.3, -0.25) is 0 Å². The normalized spacial score (nSPS) is 18.3. The van der Waals surface area contributed by atoms with Crippen molar-refractivity contribution in [2.75, 3.05) is 11.5 Å². The van der Waals surface area contributed by atoms with Crippen molar-refractivity contribution >= 4 is 29.1 Å². The Morgan fingerprint density at radius 3 is 2.64 bits per heavy atom. The number of carbonyl (C=O) groups is 1. The van der Waals surface area contributed by atoms with E-state index in [1.807, 2.05) is 17.8 Å². The molecule has 0 aliphatic carbocycles. The topological polar surface area (TPSA) is 37.3 Å². The van der Waals surface area contributed by atoms with E-state index in [2.05, 4.69) is 0 Å². The number of aromatic carboxylic acids is 1. The molecule has 2 heterocycles. The van der Waals surface area contributed by atoms with Crippen molar-refractivity contribution in [1.82, 2.24) is 0 Å². The molecule has 0 bridgehead atoms. The summed E-state index contributed by atoms with van der Waals surface area (Å²) < 4.78 is 0. The molecule has 1 aliphatic rings. The van der Waals surface area contributed by atoms with E-state index >= 15 is 0 Å². The smallest absolute Gasteiger partial charge is 0.345 e. The van der Waals surface area contributed by atoms with E-state index in [0.29, 0.717) is 10.8 Å². The minimum atomic E-state index is -0.800. The first-order valence-electron chi connectivity index (χ1n) is 4.68. The molecule has 0 radical (unpaired) electrons. The van der Waals surface area contributed by atoms with Crippen molar-refractivity contribution in [2.24, 2.45) is 0 Å². The standard InChI is InChI=1S/C10H12O2S2/c11-10(12)9-2-1-8(14-9)7-3-5-13-6-4-7/h1-2,7H,3-6H2,(H,11,12). The number of carboxylic acid groups (broad SMARTS) is 1. The van der Waals surface area contributed by atoms with Crippen molar-refractivity contribution in [1.29, 1.82) is 0 Å². The molecule has 1 N–H and O–H groups in total. The molecule has 0 saturated carbocycles. The third-order valence-electron chi connectivity index (χ3n) is 2.46. The molecule has 76 valence electrons. The lowest BCUT2D eigenvalue weighted by Gasteiger charge is -2.19. The third kappa shape index (κ3) is 2.12. The average molecular weight is 228 g/mol. The number of hydrogen-bond donors (Lipinski definition) is 1. The van der Waals surface area contributed by atoms with Crippen molar-refractivity contribution in [2.45, 2.75) is 18.8 Å². The van der Waals surface area contributed by atoms with Gasteiger partial charge in [-0.1, -0.05) is 0 Å². The molecule has 0 amide bonds. The van der Waals surface area contributed by atoms with Gasteiger partial charge in [0.1, 0.15) is 4.88 Å². The van der Waals surface area contributed by atoms with Crippen LogP contribution in [0.3, 0.4) is 0 Å². The van der Waals surface area contributed by atoms with Crippen LogP contribution in [0, 0.1) is 0 Å². The fourth-order valence-corrected chi connectivity index (χ4v) is 3.79. The van der Waals surface area contributed by atoms with Crippen LogP contribution in [0.25, 0.3) is 0 Å². The number of hydrogen-bond acceptors (Lipinski definition) is 3. The lowest BCUT2D eigenvalue weighted by molar-refractivity contribution is 0.0702. The van der Waals surface area contributed by atoms with Gasteiger partial charge in [0.2, 0.25) is 0 Å². The SMILES string of the molecule is O=C(O)c1ccc(C2CCSCC2)s1. The minimum Gasteiger partial charge on any atom is -0.477 e. The molecule has 2 nitrogen and oxygen atoms in total. The second-order valence-electron chi connectivity index (χ2n) is 3.39. The molecular weight excluding hydrogens is 216 g/mol. The molecule has 1 aromatic heterocycles. The zero-order valence-corrected chi connectivity index (χ0v) is 9.37. The van der Waals surface area contributed by atoms with Crippen LogP contribution >= 0.6 is 23.1 Å². The molecule has 14 heavy (non-hydrogen) atoms. The molecule has 1 fully saturated rings. The molecule has 0 aromatic carbocycles. The van der Waals surface area contributed by atoms with Crippen molar-refractivity contribution in [3.05, 3.63) is 21.9 Å². The summed E-state index contributed by atoms with van der Waals surface area (Å²) in [5.41, 5.74) is 0. The fraction of sp³-hybridized carbons (Fsp3) is 0.500. The quantitative estimate of drug-likeness (QED) is 0.845. The molecule has 0 unspecified atom stereocenters. The minimum absolute atomic E-state index is 0.471. The van der Waals surface area contributed by atoms with E-state index in [9.17, 15) is 4.79 Å². The maximum atomic E-state index is 10.7. The second kappa shape index (κ2) is 4.36. The van der Waals surface area contributed by atoms with Crippen LogP contribution in [0.1, 0.15) is 33.3 Å². The van der Waals surface area contributed by atoms with E-state index < -0.39 is 5.97 Å². The highest BCUT2D eigenvalue weighted by atomic mass is 32.2. The fourth-order valence-electron chi connectivity index (χ4n) is 1.67. The van der Waals surface area contributed by atoms with Gasteiger partial charge in [-0.2, -0.15) is 11.8 Å². The number of thioether (sulfide) groups is 1. The Morgan fingerprint density at radius 1 is 1.36 bits per heavy atom. The van der Waals surface area contributed by atoms with E-state index in [4.69, 9.17) is 5.11 Å². The second-order valence-corrected chi connectivity index (χ2v) is 5.73. The van der Waals surface area contributed by atoms with Crippen LogP contribution in [0.4, 0.5) is 0 Å². The highest BCUT2D eigenvalue weighted by molar-refractivity contribution is 7.99. The first-order chi connectivity index (χ1) is 6.77. The highest BCUT2D eigenvalue weighted by Gasteiger charge is 2.18. The van der Waals surface area contributed by atoms with Crippen LogP contribution in [0.5, 0.6) is 0 Å². The predicted molar refractivity (Wildman–Crippen MR) is 60.6 cm³/mol. The van der Waals surface area contributed by atoms with Crippen LogP contribution in [0.15, 0.2) is 12.1 Å². The molecule has 0 atom stereocenters. The van der Waals surface area contributed by atoms with Gasteiger partial charge in [0.25, 0.3) is 0 Å². The van der Waals surface area contributed by atoms with Crippen LogP contribution in [-0.2, 0) is 0 Å². The molecule has 1 aromatic rings. The van der Waals surface area contributed by atoms with Crippen LogP contribution < -0.4 is 0 Å². The molecular formula is C10H12O2S2. The molecule has 1 aliphatic heterocycles. The van der Waals surface area contributed by atoms with Gasteiger partial charge in [0, 0.05) is 4.88 Å². The summed E-state index contributed by atoms with van der Waals surface area (Å²) in [6.45, 7) is 0. The lowest BCUT2D eigenvalue weighted by atomic mass is 10.0. The summed E-state index contributed by atoms with van der Waals surface area (Å²) in [6.07, 6.45) is 2.40. The summed E-state index contributed by atoms with van der Waals surface area (Å²) in [5.74, 6) is 2.23. The van der Waals surface area contributed by atoms with Crippen LogP contribution in [-0.4, -0.2) is 22.6 Å². The third-order valence-corrected chi connectivity index (χ3v) is 4.75. The monoisotopic (exact) mass is 228 g/mol. The van der Waals surface area contributed by atoms with Crippen LogP contribution in [0.2, 0.25) is 0 Å². The summed E-state index contributed by atoms with van der Waals surface area (Å²) >= 11 is 3.43. The molecule has 4 heteroatoms. The van der Waals surface area contributed by atoms with Gasteiger partial charge in [-0.25, -0.2) is 4.79 Å². The van der Waals surface area contributed by atoms with E-state index in [0.717, 1.165) is 0 Å². The Kier molecular flexibility index (Phi) is 3.13. The molecule has 1 saturated heterocycles. The van der Waals surface area contributed by atoms with Gasteiger partial charge >= 0.3 is 5.97 Å². The van der Waals surface area contributed by atoms with E-state index in [1.165, 1.54) is 40.6 Å². The molecule has 0 spiro atoms. The van der Waals surface area contributed by atoms with E-state index in [1.54, 1.807) is 6.07 Å². The number of carboxylic acids is 1. The highest BCUT2D eigenvalue weighted by Crippen LogP contribution is 2.35. The zero-order valence-electron chi connectivity index (χ0n) is 7.73. The summed E-state index contributed by atoms with van der Waals surface area (Å²) in [7, 11) is 0. The maximum absolute atomic E-state index is 10.7. The maximum Gasteiger partial charge on any atom is 0.345 e. The first-order valence-corrected chi connectivity index (χ1v) is 6.65. The van der Waals surface area contributed by atoms with Gasteiger partial charge in [-0.15, -0.1) is 11.3 Å². The Labute approximate surface area is 91.3 Å². The largest absolute Gasteiger partial charge is 0.477 e. The van der Waals surface area contributed by atoms with Gasteiger partial charge in [0.05, 0.1) is 0 Å². The van der Waals surface area contributed by atoms with Gasteiger partial charge in [0.15, 0.2) is 0 Å². The predicted octanol–water partition coefficient (Wildman–Crippen LogP) is 3.06. The Balaban J connectivity index is 2.11. The summed E-state index contributed by atoms with van der Waals surface area (Å²) in [5, 5.41) is 8.80. The van der Waals surface area contributed by atoms with Crippen molar-refractivity contribution in [3.63, 3.8) is 0 Å². The first kappa shape index (κ1) is 10.1. The lowest BCUT2D eigenvalue weighted by Crippen LogP contribution is -2.05. The van der Waals surface area contributed by atoms with E-state index in [-0.39, 0.29) is 0 Å². The molecule has 2 rings (SSSR count). The zero-order chi connectivity index (χ0) is 9.97. The van der Waals surface area contributed by atoms with Gasteiger partial charge in [-0.05, 0) is 42.4 Å². The average Bonchev–Trinajstić information content (AvgIpc) is 2.68. The van der Waals surface area contributed by atoms with Crippen molar-refractivity contribution < 1.29 is 9.90 Å². The Morgan fingerprint density at radius 2 is 2.07 bits per heavy atom. The summed E-state index contributed by atoms with van der Waals surface area (Å²) in [4.78, 5) is 12.4. The summed E-state index contributed by atoms with van der Waals surface area (Å²) in [6, 6.07) is 3.71. The Hall–Kier alpha value is -0.480. The van der Waals surface area contributed by atoms with Crippen molar-refractivity contribution in [3.8, 4) is 0 Å². The number of thiophene rings is 1. The Bertz CT molecular complexity index is 327.